The second-order valence-electron chi connectivity index (χ2n) is 25.0. The zero-order chi connectivity index (χ0) is 54.1. The van der Waals surface area contributed by atoms with Crippen molar-refractivity contribution in [3.8, 4) is 0 Å². The van der Waals surface area contributed by atoms with Crippen molar-refractivity contribution in [2.45, 2.75) is 86.5 Å². The molecule has 0 fully saturated rings. The molecule has 7 heteroatoms. The average molecular weight is 1030 g/mol. The Labute approximate surface area is 474 Å². The molecule has 0 bridgehead atoms. The fourth-order valence-corrected chi connectivity index (χ4v) is 16.4. The number of nitrogens with zero attached hydrogens (tertiary/aromatic N) is 3. The molecule has 382 valence electrons. The number of aryl methyl sites for hydroxylation is 3. The van der Waals surface area contributed by atoms with Crippen LogP contribution in [0.25, 0.3) is 0 Å². The van der Waals surface area contributed by atoms with Gasteiger partial charge in [0.25, 0.3) is 6.71 Å². The van der Waals surface area contributed by atoms with Crippen LogP contribution in [0.3, 0.4) is 0 Å². The van der Waals surface area contributed by atoms with Crippen LogP contribution in [0, 0.1) is 20.8 Å². The Morgan fingerprint density at radius 3 is 1.30 bits per heavy atom. The van der Waals surface area contributed by atoms with Gasteiger partial charge in [-0.2, -0.15) is 0 Å². The Hall–Kier alpha value is -8.14. The van der Waals surface area contributed by atoms with Crippen molar-refractivity contribution in [3.63, 3.8) is 0 Å². The van der Waals surface area contributed by atoms with Crippen LogP contribution in [-0.4, -0.2) is 26.9 Å². The van der Waals surface area contributed by atoms with Crippen LogP contribution in [0.5, 0.6) is 0 Å². The van der Waals surface area contributed by atoms with E-state index in [4.69, 9.17) is 0 Å². The molecule has 0 radical (unpaired) electrons. The zero-order valence-electron chi connectivity index (χ0n) is 47.5. The lowest BCUT2D eigenvalue weighted by atomic mass is 9.24. The van der Waals surface area contributed by atoms with E-state index in [0.717, 1.165) is 6.42 Å². The van der Waals surface area contributed by atoms with Gasteiger partial charge in [-0.3, -0.25) is 0 Å². The maximum Gasteiger partial charge on any atom is 0.252 e. The molecule has 0 atom stereocenters. The predicted molar refractivity (Wildman–Crippen MR) is 348 cm³/mol. The van der Waals surface area contributed by atoms with Gasteiger partial charge in [-0.05, 0) is 164 Å². The maximum absolute atomic E-state index is 2.79. The first-order valence-corrected chi connectivity index (χ1v) is 29.5. The molecule has 0 amide bonds. The van der Waals surface area contributed by atoms with Gasteiger partial charge in [0.2, 0.25) is 20.1 Å². The summed E-state index contributed by atoms with van der Waals surface area (Å²) in [5.74, 6) is 1.06. The van der Waals surface area contributed by atoms with Crippen molar-refractivity contribution in [1.29, 1.82) is 0 Å². The van der Waals surface area contributed by atoms with Crippen LogP contribution in [0.2, 0.25) is 0 Å². The molecule has 0 spiro atoms. The second kappa shape index (κ2) is 17.4. The van der Waals surface area contributed by atoms with Crippen LogP contribution in [0.15, 0.2) is 188 Å². The summed E-state index contributed by atoms with van der Waals surface area (Å²) in [7, 11) is 0. The Bertz CT molecular complexity index is 4260. The van der Waals surface area contributed by atoms with Gasteiger partial charge < -0.3 is 14.7 Å². The molecule has 0 saturated heterocycles. The maximum atomic E-state index is 2.79. The molecule has 10 aromatic carbocycles. The second-order valence-corrected chi connectivity index (χ2v) is 25.0. The largest absolute Gasteiger partial charge is 0.312 e. The summed E-state index contributed by atoms with van der Waals surface area (Å²) >= 11 is 0. The van der Waals surface area contributed by atoms with E-state index in [9.17, 15) is 0 Å². The first-order chi connectivity index (χ1) is 39.0. The van der Waals surface area contributed by atoms with Gasteiger partial charge in [0.15, 0.2) is 0 Å². The van der Waals surface area contributed by atoms with Crippen molar-refractivity contribution in [2.24, 2.45) is 0 Å². The number of fused-ring (bicyclic) bond motifs is 16. The molecule has 6 aliphatic heterocycles. The van der Waals surface area contributed by atoms with E-state index < -0.39 is 0 Å². The Morgan fingerprint density at radius 1 is 0.338 bits per heavy atom. The zero-order valence-corrected chi connectivity index (χ0v) is 47.5. The number of hydrogen-bond donors (Lipinski definition) is 0. The quantitative estimate of drug-likeness (QED) is 0.154. The van der Waals surface area contributed by atoms with Crippen LogP contribution >= 0.6 is 0 Å². The van der Waals surface area contributed by atoms with E-state index in [-0.39, 0.29) is 26.9 Å². The fourth-order valence-electron chi connectivity index (χ4n) is 16.4. The number of benzene rings is 10. The van der Waals surface area contributed by atoms with E-state index >= 15 is 0 Å². The molecular formula is C73H63B4N3. The summed E-state index contributed by atoms with van der Waals surface area (Å²) in [6.45, 7) is 21.4. The van der Waals surface area contributed by atoms with E-state index in [0.29, 0.717) is 17.8 Å². The van der Waals surface area contributed by atoms with Gasteiger partial charge >= 0.3 is 0 Å². The van der Waals surface area contributed by atoms with Crippen molar-refractivity contribution in [2.75, 3.05) is 14.7 Å². The first-order valence-electron chi connectivity index (χ1n) is 29.5. The van der Waals surface area contributed by atoms with Crippen molar-refractivity contribution < 1.29 is 0 Å². The smallest absolute Gasteiger partial charge is 0.252 e. The minimum atomic E-state index is -0.0530. The van der Waals surface area contributed by atoms with Gasteiger partial charge in [-0.25, -0.2) is 0 Å². The molecular weight excluding hydrogens is 962 g/mol. The minimum Gasteiger partial charge on any atom is -0.312 e. The fraction of sp³-hybridized carbons (Fsp3) is 0.178. The topological polar surface area (TPSA) is 9.72 Å². The molecule has 3 nitrogen and oxygen atoms in total. The Balaban J connectivity index is 1.09. The highest BCUT2D eigenvalue weighted by atomic mass is 15.2. The van der Waals surface area contributed by atoms with E-state index in [1.54, 1.807) is 0 Å². The lowest BCUT2D eigenvalue weighted by molar-refractivity contribution is 0.812. The van der Waals surface area contributed by atoms with Crippen molar-refractivity contribution in [3.05, 3.63) is 233 Å². The molecule has 0 aromatic heterocycles. The molecule has 0 saturated carbocycles. The van der Waals surface area contributed by atoms with Crippen LogP contribution < -0.4 is 80.3 Å². The minimum absolute atomic E-state index is 0.0120. The van der Waals surface area contributed by atoms with Gasteiger partial charge in [0.1, 0.15) is 0 Å². The number of rotatable bonds is 6. The Morgan fingerprint density at radius 2 is 0.762 bits per heavy atom. The molecule has 6 aliphatic rings. The standard InChI is InChI=1S/C73H63B4N3/c1-42(2)49-38-51(43(3)4)68(52(39-49)44(5)6)75-55-27-15-19-31-61(55)78(50-24-11-10-12-25-50)65-41-66-60(40-59(65)75)76-57-29-17-21-33-63(57)79-62-32-20-16-28-56(62)74-54-26-14-13-23-48(54)37-53-69(74)72(79)71(76)73-70(53)77(58-30-18-22-34-64(58)80(66)73)67-46(8)35-45(7)36-47(67)9/h10-36,38-44H,37H2,1-9H3. The van der Waals surface area contributed by atoms with E-state index in [1.165, 1.54) is 161 Å². The Kier molecular flexibility index (Phi) is 10.4. The van der Waals surface area contributed by atoms with Gasteiger partial charge in [0.05, 0.1) is 0 Å². The number of anilines is 9. The molecule has 10 aromatic rings. The van der Waals surface area contributed by atoms with Gasteiger partial charge in [0, 0.05) is 51.2 Å². The predicted octanol–water partition coefficient (Wildman–Crippen LogP) is 9.93. The highest BCUT2D eigenvalue weighted by molar-refractivity contribution is 7.07. The molecule has 0 N–H and O–H groups in total. The van der Waals surface area contributed by atoms with E-state index in [1.807, 2.05) is 0 Å². The first kappa shape index (κ1) is 47.8. The van der Waals surface area contributed by atoms with Crippen LogP contribution in [0.1, 0.15) is 104 Å². The summed E-state index contributed by atoms with van der Waals surface area (Å²) in [5.41, 5.74) is 39.9. The van der Waals surface area contributed by atoms with Crippen molar-refractivity contribution >= 4 is 144 Å². The van der Waals surface area contributed by atoms with Gasteiger partial charge in [-0.15, -0.1) is 0 Å². The van der Waals surface area contributed by atoms with Crippen LogP contribution in [0.4, 0.5) is 51.2 Å². The third-order valence-corrected chi connectivity index (χ3v) is 19.5. The van der Waals surface area contributed by atoms with E-state index in [2.05, 4.69) is 265 Å². The molecule has 0 unspecified atom stereocenters. The lowest BCUT2D eigenvalue weighted by Crippen LogP contribution is -2.74. The average Bonchev–Trinajstić information content (AvgIpc) is 1.39. The highest BCUT2D eigenvalue weighted by Crippen LogP contribution is 2.49. The summed E-state index contributed by atoms with van der Waals surface area (Å²) in [4.78, 5) is 8.11. The SMILES string of the molecule is Cc1cc(C)c(B2c3ccccc3N3c4cc5c(cc4B4c6ccccc6N6c7ccccc7B7c8ccccc8Cc8c7c6c4c3c82)B(c2c(C(C)C)cc(C(C)C)cc2C(C)C)c2ccccc2N5c2ccccc2)c(C)c1. The van der Waals surface area contributed by atoms with Crippen LogP contribution in [-0.2, 0) is 6.42 Å². The third kappa shape index (κ3) is 6.44. The van der Waals surface area contributed by atoms with Crippen molar-refractivity contribution in [1.82, 2.24) is 0 Å². The molecule has 6 heterocycles. The third-order valence-electron chi connectivity index (χ3n) is 19.5. The lowest BCUT2D eigenvalue weighted by Gasteiger charge is -2.53. The summed E-state index contributed by atoms with van der Waals surface area (Å²) in [5, 5.41) is 0. The van der Waals surface area contributed by atoms with Gasteiger partial charge in [-0.1, -0.05) is 220 Å². The molecule has 16 rings (SSSR count). The number of hydrogen-bond acceptors (Lipinski definition) is 3. The molecule has 80 heavy (non-hydrogen) atoms. The summed E-state index contributed by atoms with van der Waals surface area (Å²) in [6.07, 6.45) is 0.875. The number of para-hydroxylation sites is 5. The monoisotopic (exact) mass is 1030 g/mol. The summed E-state index contributed by atoms with van der Waals surface area (Å²) < 4.78 is 0. The normalized spacial score (nSPS) is 14.4. The highest BCUT2D eigenvalue weighted by Gasteiger charge is 2.55. The summed E-state index contributed by atoms with van der Waals surface area (Å²) in [6, 6.07) is 73.8. The molecule has 0 aliphatic carbocycles.